The molecule has 0 unspecified atom stereocenters. The fourth-order valence-corrected chi connectivity index (χ4v) is 3.11. The van der Waals surface area contributed by atoms with Crippen LogP contribution in [0.25, 0.3) is 0 Å². The largest absolute Gasteiger partial charge is 0.486 e. The molecule has 2 aromatic carbocycles. The third-order valence-corrected chi connectivity index (χ3v) is 4.74. The number of nitrogens with two attached hydrogens (primary N) is 1. The molecule has 160 valence electrons. The lowest BCUT2D eigenvalue weighted by molar-refractivity contribution is 0.102. The van der Waals surface area contributed by atoms with Crippen LogP contribution < -0.4 is 15.8 Å². The van der Waals surface area contributed by atoms with E-state index < -0.39 is 17.3 Å². The number of nitrogens with one attached hydrogen (secondary N) is 2. The number of nitrogens with zero attached hydrogens (tertiary/aromatic N) is 1. The highest BCUT2D eigenvalue weighted by atomic mass is 35.5. The van der Waals surface area contributed by atoms with E-state index in [1.807, 2.05) is 0 Å². The van der Waals surface area contributed by atoms with Gasteiger partial charge >= 0.3 is 0 Å². The first-order chi connectivity index (χ1) is 14.8. The summed E-state index contributed by atoms with van der Waals surface area (Å²) in [5, 5.41) is 10.6. The predicted octanol–water partition coefficient (Wildman–Crippen LogP) is 4.91. The second-order valence-electron chi connectivity index (χ2n) is 6.30. The molecule has 0 radical (unpaired) electrons. The monoisotopic (exact) mass is 462 g/mol. The highest BCUT2D eigenvalue weighted by Gasteiger charge is 2.21. The minimum atomic E-state index is -0.916. The molecule has 0 bridgehead atoms. The quantitative estimate of drug-likeness (QED) is 0.355. The fourth-order valence-electron chi connectivity index (χ4n) is 2.67. The molecule has 31 heavy (non-hydrogen) atoms. The molecule has 1 heterocycles. The summed E-state index contributed by atoms with van der Waals surface area (Å²) in [6, 6.07) is 11.0. The number of rotatable bonds is 6. The van der Waals surface area contributed by atoms with Crippen LogP contribution in [0.1, 0.15) is 21.5 Å². The van der Waals surface area contributed by atoms with Crippen LogP contribution in [0.4, 0.5) is 15.9 Å². The van der Waals surface area contributed by atoms with Crippen molar-refractivity contribution in [1.82, 2.24) is 4.98 Å². The second-order valence-corrected chi connectivity index (χ2v) is 7.14. The van der Waals surface area contributed by atoms with Crippen molar-refractivity contribution in [3.63, 3.8) is 0 Å². The normalized spacial score (nSPS) is 10.5. The first-order valence-corrected chi connectivity index (χ1v) is 9.60. The maximum atomic E-state index is 15.0. The number of ether oxygens (including phenoxy) is 2. The molecular weight excluding hydrogens is 446 g/mol. The van der Waals surface area contributed by atoms with Gasteiger partial charge in [-0.25, -0.2) is 9.37 Å². The second kappa shape index (κ2) is 9.63. The van der Waals surface area contributed by atoms with Crippen LogP contribution in [-0.2, 0) is 11.3 Å². The van der Waals surface area contributed by atoms with E-state index in [4.69, 9.17) is 43.8 Å². The average molecular weight is 463 g/mol. The van der Waals surface area contributed by atoms with Gasteiger partial charge < -0.3 is 20.5 Å². The molecule has 0 spiro atoms. The Labute approximate surface area is 187 Å². The average Bonchev–Trinajstić information content (AvgIpc) is 2.74. The number of carbonyl (C=O) groups is 1. The smallest absolute Gasteiger partial charge is 0.260 e. The van der Waals surface area contributed by atoms with E-state index in [0.717, 1.165) is 5.56 Å². The van der Waals surface area contributed by atoms with Gasteiger partial charge in [-0.3, -0.25) is 10.2 Å². The first-order valence-electron chi connectivity index (χ1n) is 8.85. The molecule has 0 saturated heterocycles. The number of pyridine rings is 1. The minimum absolute atomic E-state index is 0.0462. The molecular formula is C21H17Cl2FN4O3. The van der Waals surface area contributed by atoms with E-state index in [1.54, 1.807) is 24.3 Å². The van der Waals surface area contributed by atoms with Crippen molar-refractivity contribution in [3.8, 4) is 5.75 Å². The van der Waals surface area contributed by atoms with Gasteiger partial charge in [0.25, 0.3) is 5.91 Å². The lowest BCUT2D eigenvalue weighted by atomic mass is 10.1. The van der Waals surface area contributed by atoms with Crippen LogP contribution in [0, 0.1) is 11.2 Å². The van der Waals surface area contributed by atoms with Crippen molar-refractivity contribution >= 4 is 46.5 Å². The SMILES string of the molecule is COC(=N)c1cc(NC(=O)c2c(Cl)ccc(OCc3cccc(Cl)c3)c2F)cnc1N. The van der Waals surface area contributed by atoms with E-state index in [9.17, 15) is 4.79 Å². The zero-order valence-electron chi connectivity index (χ0n) is 16.2. The summed E-state index contributed by atoms with van der Waals surface area (Å²) in [4.78, 5) is 16.6. The van der Waals surface area contributed by atoms with Crippen LogP contribution in [-0.4, -0.2) is 23.9 Å². The molecule has 0 aliphatic rings. The zero-order chi connectivity index (χ0) is 22.5. The molecule has 7 nitrogen and oxygen atoms in total. The lowest BCUT2D eigenvalue weighted by Gasteiger charge is -2.13. The number of methoxy groups -OCH3 is 1. The predicted molar refractivity (Wildman–Crippen MR) is 118 cm³/mol. The summed E-state index contributed by atoms with van der Waals surface area (Å²) >= 11 is 12.0. The number of carbonyl (C=O) groups excluding carboxylic acids is 1. The zero-order valence-corrected chi connectivity index (χ0v) is 17.7. The molecule has 0 aliphatic heterocycles. The number of hydrogen-bond acceptors (Lipinski definition) is 6. The molecule has 0 saturated carbocycles. The van der Waals surface area contributed by atoms with Gasteiger partial charge in [-0.15, -0.1) is 0 Å². The van der Waals surface area contributed by atoms with Crippen molar-refractivity contribution < 1.29 is 18.7 Å². The molecule has 3 aromatic rings. The third kappa shape index (κ3) is 5.22. The summed E-state index contributed by atoms with van der Waals surface area (Å²) in [5.41, 5.74) is 6.40. The van der Waals surface area contributed by atoms with Gasteiger partial charge in [0.15, 0.2) is 11.6 Å². The van der Waals surface area contributed by atoms with Crippen molar-refractivity contribution in [1.29, 1.82) is 5.41 Å². The minimum Gasteiger partial charge on any atom is -0.486 e. The molecule has 0 aliphatic carbocycles. The van der Waals surface area contributed by atoms with E-state index in [1.165, 1.54) is 31.5 Å². The Morgan fingerprint density at radius 1 is 1.26 bits per heavy atom. The highest BCUT2D eigenvalue weighted by Crippen LogP contribution is 2.29. The van der Waals surface area contributed by atoms with Crippen LogP contribution in [0.5, 0.6) is 5.75 Å². The maximum Gasteiger partial charge on any atom is 0.260 e. The van der Waals surface area contributed by atoms with Gasteiger partial charge in [-0.2, -0.15) is 0 Å². The van der Waals surface area contributed by atoms with Crippen LogP contribution in [0.15, 0.2) is 48.7 Å². The van der Waals surface area contributed by atoms with Crippen molar-refractivity contribution in [2.75, 3.05) is 18.2 Å². The Kier molecular flexibility index (Phi) is 6.94. The number of amides is 1. The van der Waals surface area contributed by atoms with E-state index in [2.05, 4.69) is 10.3 Å². The molecule has 0 atom stereocenters. The Balaban J connectivity index is 1.83. The van der Waals surface area contributed by atoms with Gasteiger partial charge in [0, 0.05) is 5.02 Å². The summed E-state index contributed by atoms with van der Waals surface area (Å²) in [6.45, 7) is 0.0462. The van der Waals surface area contributed by atoms with Crippen LogP contribution >= 0.6 is 23.2 Å². The number of halogens is 3. The van der Waals surface area contributed by atoms with Crippen LogP contribution in [0.2, 0.25) is 10.0 Å². The third-order valence-electron chi connectivity index (χ3n) is 4.19. The number of benzene rings is 2. The molecule has 0 fully saturated rings. The summed E-state index contributed by atoms with van der Waals surface area (Å²) in [5.74, 6) is -2.07. The van der Waals surface area contributed by atoms with Gasteiger partial charge in [0.1, 0.15) is 12.4 Å². The molecule has 4 N–H and O–H groups in total. The maximum absolute atomic E-state index is 15.0. The Morgan fingerprint density at radius 2 is 2.03 bits per heavy atom. The summed E-state index contributed by atoms with van der Waals surface area (Å²) < 4.78 is 25.3. The number of hydrogen-bond donors (Lipinski definition) is 3. The van der Waals surface area contributed by atoms with E-state index >= 15 is 4.39 Å². The topological polar surface area (TPSA) is 110 Å². The summed E-state index contributed by atoms with van der Waals surface area (Å²) in [6.07, 6.45) is 1.27. The van der Waals surface area contributed by atoms with Crippen molar-refractivity contribution in [2.45, 2.75) is 6.61 Å². The van der Waals surface area contributed by atoms with Gasteiger partial charge in [-0.05, 0) is 35.9 Å². The van der Waals surface area contributed by atoms with Crippen molar-refractivity contribution in [3.05, 3.63) is 81.2 Å². The first kappa shape index (κ1) is 22.3. The molecule has 3 rings (SSSR count). The lowest BCUT2D eigenvalue weighted by Crippen LogP contribution is -2.16. The van der Waals surface area contributed by atoms with E-state index in [-0.39, 0.29) is 40.3 Å². The molecule has 1 amide bonds. The number of anilines is 2. The number of aromatic nitrogens is 1. The van der Waals surface area contributed by atoms with E-state index in [0.29, 0.717) is 5.02 Å². The van der Waals surface area contributed by atoms with Gasteiger partial charge in [0.2, 0.25) is 5.90 Å². The number of nitrogen functional groups attached to an aromatic ring is 1. The van der Waals surface area contributed by atoms with Gasteiger partial charge in [-0.1, -0.05) is 35.3 Å². The fraction of sp³-hybridized carbons (Fsp3) is 0.0952. The Bertz CT molecular complexity index is 1160. The highest BCUT2D eigenvalue weighted by molar-refractivity contribution is 6.34. The van der Waals surface area contributed by atoms with Crippen LogP contribution in [0.3, 0.4) is 0 Å². The van der Waals surface area contributed by atoms with Crippen molar-refractivity contribution in [2.24, 2.45) is 0 Å². The van der Waals surface area contributed by atoms with Gasteiger partial charge in [0.05, 0.1) is 35.1 Å². The summed E-state index contributed by atoms with van der Waals surface area (Å²) in [7, 11) is 1.30. The molecule has 10 heteroatoms. The molecule has 1 aromatic heterocycles. The Hall–Kier alpha value is -3.36. The standard InChI is InChI=1S/C21H17Cl2FN4O3/c1-30-20(26)14-8-13(9-27-19(14)25)28-21(29)17-15(23)5-6-16(18(17)24)31-10-11-3-2-4-12(22)7-11/h2-9,26H,10H2,1H3,(H2,25,27)(H,28,29). The Morgan fingerprint density at radius 3 is 2.74 bits per heavy atom.